The van der Waals surface area contributed by atoms with Gasteiger partial charge in [-0.1, -0.05) is 35.7 Å². The molecular formula is C14H19BrN2O3. The van der Waals surface area contributed by atoms with E-state index in [-0.39, 0.29) is 11.6 Å². The number of benzene rings is 1. The lowest BCUT2D eigenvalue weighted by molar-refractivity contribution is 0.0697. The van der Waals surface area contributed by atoms with Crippen LogP contribution in [0.5, 0.6) is 0 Å². The van der Waals surface area contributed by atoms with Crippen molar-refractivity contribution in [1.82, 2.24) is 4.90 Å². The highest BCUT2D eigenvalue weighted by Gasteiger charge is 2.11. The molecule has 1 aromatic carbocycles. The molecule has 0 heterocycles. The number of nitrogens with one attached hydrogen (secondary N) is 1. The third-order valence-corrected chi connectivity index (χ3v) is 3.30. The fourth-order valence-corrected chi connectivity index (χ4v) is 2.20. The van der Waals surface area contributed by atoms with Gasteiger partial charge in [0, 0.05) is 23.8 Å². The van der Waals surface area contributed by atoms with Gasteiger partial charge in [-0.25, -0.2) is 9.59 Å². The van der Waals surface area contributed by atoms with Crippen LogP contribution in [0.25, 0.3) is 0 Å². The van der Waals surface area contributed by atoms with Crippen molar-refractivity contribution in [2.24, 2.45) is 0 Å². The number of aromatic carboxylic acids is 1. The molecule has 1 rings (SSSR count). The quantitative estimate of drug-likeness (QED) is 0.772. The third-order valence-electron chi connectivity index (χ3n) is 2.84. The van der Waals surface area contributed by atoms with Crippen LogP contribution < -0.4 is 5.32 Å². The summed E-state index contributed by atoms with van der Waals surface area (Å²) in [6.07, 6.45) is 3.14. The Morgan fingerprint density at radius 3 is 2.60 bits per heavy atom. The van der Waals surface area contributed by atoms with E-state index in [1.54, 1.807) is 18.0 Å². The Morgan fingerprint density at radius 2 is 2.00 bits per heavy atom. The number of carbonyl (C=O) groups excluding carboxylic acids is 1. The van der Waals surface area contributed by atoms with Crippen molar-refractivity contribution in [3.05, 3.63) is 28.2 Å². The highest BCUT2D eigenvalue weighted by atomic mass is 79.9. The fourth-order valence-electron chi connectivity index (χ4n) is 1.70. The number of hydrogen-bond acceptors (Lipinski definition) is 2. The molecule has 0 unspecified atom stereocenters. The highest BCUT2D eigenvalue weighted by Crippen LogP contribution is 2.20. The molecule has 0 aliphatic heterocycles. The topological polar surface area (TPSA) is 69.6 Å². The van der Waals surface area contributed by atoms with Crippen molar-refractivity contribution in [3.63, 3.8) is 0 Å². The summed E-state index contributed by atoms with van der Waals surface area (Å²) in [6.45, 7) is 2.79. The minimum Gasteiger partial charge on any atom is -0.478 e. The first-order valence-corrected chi connectivity index (χ1v) is 7.29. The molecule has 0 saturated carbocycles. The zero-order chi connectivity index (χ0) is 15.1. The zero-order valence-corrected chi connectivity index (χ0v) is 13.2. The van der Waals surface area contributed by atoms with Crippen molar-refractivity contribution in [3.8, 4) is 0 Å². The fraction of sp³-hybridized carbons (Fsp3) is 0.429. The van der Waals surface area contributed by atoms with E-state index in [0.29, 0.717) is 16.7 Å². The van der Waals surface area contributed by atoms with E-state index < -0.39 is 5.97 Å². The average Bonchev–Trinajstić information content (AvgIpc) is 2.38. The number of hydrogen-bond donors (Lipinski definition) is 2. The number of carboxylic acid groups (broad SMARTS) is 1. The molecule has 5 nitrogen and oxygen atoms in total. The van der Waals surface area contributed by atoms with Crippen molar-refractivity contribution in [2.75, 3.05) is 18.9 Å². The van der Waals surface area contributed by atoms with E-state index in [2.05, 4.69) is 28.2 Å². The molecule has 0 saturated heterocycles. The van der Waals surface area contributed by atoms with E-state index in [0.717, 1.165) is 19.3 Å². The second kappa shape index (κ2) is 7.89. The number of nitrogens with zero attached hydrogens (tertiary/aromatic N) is 1. The first-order chi connectivity index (χ1) is 9.43. The van der Waals surface area contributed by atoms with Crippen molar-refractivity contribution < 1.29 is 14.7 Å². The molecule has 0 atom stereocenters. The Balaban J connectivity index is 2.67. The number of halogens is 1. The first-order valence-electron chi connectivity index (χ1n) is 6.50. The summed E-state index contributed by atoms with van der Waals surface area (Å²) in [6, 6.07) is 4.36. The maximum Gasteiger partial charge on any atom is 0.335 e. The number of amides is 2. The van der Waals surface area contributed by atoms with Crippen molar-refractivity contribution in [1.29, 1.82) is 0 Å². The molecule has 6 heteroatoms. The van der Waals surface area contributed by atoms with E-state index in [9.17, 15) is 9.59 Å². The van der Waals surface area contributed by atoms with Gasteiger partial charge in [0.15, 0.2) is 0 Å². The van der Waals surface area contributed by atoms with Gasteiger partial charge in [0.05, 0.1) is 5.56 Å². The van der Waals surface area contributed by atoms with E-state index >= 15 is 0 Å². The molecule has 110 valence electrons. The third kappa shape index (κ3) is 5.21. The summed E-state index contributed by atoms with van der Waals surface area (Å²) in [5.74, 6) is -1.03. The number of carboxylic acids is 1. The van der Waals surface area contributed by atoms with Crippen molar-refractivity contribution >= 4 is 33.6 Å². The van der Waals surface area contributed by atoms with Gasteiger partial charge < -0.3 is 15.3 Å². The lowest BCUT2D eigenvalue weighted by Crippen LogP contribution is -2.32. The van der Waals surface area contributed by atoms with E-state index in [4.69, 9.17) is 5.11 Å². The number of anilines is 1. The number of rotatable bonds is 6. The Bertz CT molecular complexity index is 491. The maximum absolute atomic E-state index is 12.0. The molecule has 0 fully saturated rings. The number of carbonyl (C=O) groups is 2. The van der Waals surface area contributed by atoms with E-state index in [1.165, 1.54) is 12.1 Å². The van der Waals surface area contributed by atoms with Gasteiger partial charge in [-0.3, -0.25) is 0 Å². The summed E-state index contributed by atoms with van der Waals surface area (Å²) in [5, 5.41) is 11.7. The molecule has 0 aromatic heterocycles. The molecule has 2 N–H and O–H groups in total. The summed E-state index contributed by atoms with van der Waals surface area (Å²) < 4.78 is 0.612. The van der Waals surface area contributed by atoms with Crippen LogP contribution in [-0.4, -0.2) is 35.6 Å². The second-order valence-corrected chi connectivity index (χ2v) is 5.51. The van der Waals surface area contributed by atoms with Crippen LogP contribution in [0.2, 0.25) is 0 Å². The summed E-state index contributed by atoms with van der Waals surface area (Å²) in [7, 11) is 1.72. The van der Waals surface area contributed by atoms with Crippen LogP contribution in [0.4, 0.5) is 10.5 Å². The van der Waals surface area contributed by atoms with E-state index in [1.807, 2.05) is 0 Å². The van der Waals surface area contributed by atoms with Crippen LogP contribution in [0, 0.1) is 0 Å². The van der Waals surface area contributed by atoms with Gasteiger partial charge in [0.1, 0.15) is 0 Å². The lowest BCUT2D eigenvalue weighted by atomic mass is 10.2. The average molecular weight is 343 g/mol. The minimum atomic E-state index is -1.03. The van der Waals surface area contributed by atoms with Gasteiger partial charge in [0.2, 0.25) is 0 Å². The standard InChI is InChI=1S/C14H19BrN2O3/c1-3-4-5-6-17(2)14(20)16-12-8-10(13(18)19)7-11(15)9-12/h7-9H,3-6H2,1-2H3,(H,16,20)(H,18,19). The van der Waals surface area contributed by atoms with Crippen LogP contribution in [0.3, 0.4) is 0 Å². The Morgan fingerprint density at radius 1 is 1.30 bits per heavy atom. The highest BCUT2D eigenvalue weighted by molar-refractivity contribution is 9.10. The molecule has 0 radical (unpaired) electrons. The summed E-state index contributed by atoms with van der Waals surface area (Å²) in [5.41, 5.74) is 0.590. The normalized spacial score (nSPS) is 10.2. The van der Waals surface area contributed by atoms with Gasteiger partial charge >= 0.3 is 12.0 Å². The summed E-state index contributed by atoms with van der Waals surface area (Å²) >= 11 is 3.23. The molecule has 20 heavy (non-hydrogen) atoms. The molecule has 0 spiro atoms. The molecule has 2 amide bonds. The number of unbranched alkanes of at least 4 members (excludes halogenated alkanes) is 2. The molecule has 0 bridgehead atoms. The minimum absolute atomic E-state index is 0.128. The molecule has 1 aromatic rings. The Labute approximate surface area is 127 Å². The largest absolute Gasteiger partial charge is 0.478 e. The SMILES string of the molecule is CCCCCN(C)C(=O)Nc1cc(Br)cc(C(=O)O)c1. The predicted octanol–water partition coefficient (Wildman–Crippen LogP) is 3.80. The second-order valence-electron chi connectivity index (χ2n) is 4.59. The van der Waals surface area contributed by atoms with Gasteiger partial charge in [0.25, 0.3) is 0 Å². The zero-order valence-electron chi connectivity index (χ0n) is 11.6. The van der Waals surface area contributed by atoms with Crippen LogP contribution in [-0.2, 0) is 0 Å². The monoisotopic (exact) mass is 342 g/mol. The predicted molar refractivity (Wildman–Crippen MR) is 82.3 cm³/mol. The van der Waals surface area contributed by atoms with Gasteiger partial charge in [-0.15, -0.1) is 0 Å². The molecule has 0 aliphatic rings. The molecule has 0 aliphatic carbocycles. The van der Waals surface area contributed by atoms with Gasteiger partial charge in [-0.2, -0.15) is 0 Å². The van der Waals surface area contributed by atoms with Gasteiger partial charge in [-0.05, 0) is 24.6 Å². The van der Waals surface area contributed by atoms with Crippen LogP contribution in [0.1, 0.15) is 36.5 Å². The Kier molecular flexibility index (Phi) is 6.51. The van der Waals surface area contributed by atoms with Crippen molar-refractivity contribution in [2.45, 2.75) is 26.2 Å². The Hall–Kier alpha value is -1.56. The smallest absolute Gasteiger partial charge is 0.335 e. The summed E-state index contributed by atoms with van der Waals surface area (Å²) in [4.78, 5) is 24.5. The molecular weight excluding hydrogens is 324 g/mol. The number of urea groups is 1. The first kappa shape index (κ1) is 16.5. The van der Waals surface area contributed by atoms with Crippen LogP contribution >= 0.6 is 15.9 Å². The lowest BCUT2D eigenvalue weighted by Gasteiger charge is -2.18. The van der Waals surface area contributed by atoms with Crippen LogP contribution in [0.15, 0.2) is 22.7 Å². The maximum atomic E-state index is 12.0.